The van der Waals surface area contributed by atoms with E-state index in [-0.39, 0.29) is 24.5 Å². The molecule has 2 aliphatic heterocycles. The number of hydrogen-bond acceptors (Lipinski definition) is 8. The fourth-order valence-corrected chi connectivity index (χ4v) is 4.92. The van der Waals surface area contributed by atoms with Crippen LogP contribution in [0.2, 0.25) is 0 Å². The Labute approximate surface area is 184 Å². The van der Waals surface area contributed by atoms with Gasteiger partial charge in [0.15, 0.2) is 11.5 Å². The average Bonchev–Trinajstić information content (AvgIpc) is 3.34. The van der Waals surface area contributed by atoms with Gasteiger partial charge in [-0.1, -0.05) is 0 Å². The molecule has 2 aromatic rings. The number of hydrogen-bond donors (Lipinski definition) is 2. The third-order valence-corrected chi connectivity index (χ3v) is 6.81. The highest BCUT2D eigenvalue weighted by Gasteiger charge is 2.35. The fraction of sp³-hybridized carbons (Fsp3) is 0.400. The molecule has 2 amide bonds. The molecular formula is C20H23N3O8S. The second-order valence-electron chi connectivity index (χ2n) is 7.07. The number of nitrogens with zero attached hydrogens (tertiary/aromatic N) is 1. The van der Waals surface area contributed by atoms with Gasteiger partial charge in [0.1, 0.15) is 25.2 Å². The molecule has 1 saturated heterocycles. The van der Waals surface area contributed by atoms with E-state index in [0.29, 0.717) is 43.5 Å². The molecule has 11 nitrogen and oxygen atoms in total. The van der Waals surface area contributed by atoms with Crippen LogP contribution < -0.4 is 20.1 Å². The van der Waals surface area contributed by atoms with Crippen molar-refractivity contribution in [1.29, 1.82) is 0 Å². The highest BCUT2D eigenvalue weighted by Crippen LogP contribution is 2.34. The van der Waals surface area contributed by atoms with Gasteiger partial charge < -0.3 is 29.3 Å². The van der Waals surface area contributed by atoms with Crippen LogP contribution in [0, 0.1) is 0 Å². The van der Waals surface area contributed by atoms with E-state index >= 15 is 0 Å². The maximum atomic E-state index is 13.2. The number of ether oxygens (including phenoxy) is 3. The molecule has 1 unspecified atom stereocenters. The number of benzene rings is 1. The third-order valence-electron chi connectivity index (χ3n) is 4.92. The first-order valence-corrected chi connectivity index (χ1v) is 11.5. The largest absolute Gasteiger partial charge is 0.486 e. The molecule has 172 valence electrons. The van der Waals surface area contributed by atoms with Gasteiger partial charge in [0.2, 0.25) is 10.0 Å². The lowest BCUT2D eigenvalue weighted by molar-refractivity contribution is -0.140. The first-order chi connectivity index (χ1) is 15.4. The molecule has 1 aromatic heterocycles. The van der Waals surface area contributed by atoms with Crippen LogP contribution in [0.5, 0.6) is 11.5 Å². The van der Waals surface area contributed by atoms with Crippen molar-refractivity contribution in [2.45, 2.75) is 24.1 Å². The number of amides is 2. The minimum Gasteiger partial charge on any atom is -0.486 e. The first kappa shape index (κ1) is 22.1. The molecule has 0 bridgehead atoms. The van der Waals surface area contributed by atoms with Crippen LogP contribution in [0.4, 0.5) is 0 Å². The summed E-state index contributed by atoms with van der Waals surface area (Å²) in [5.74, 6) is -0.429. The van der Waals surface area contributed by atoms with E-state index in [1.165, 1.54) is 22.7 Å². The van der Waals surface area contributed by atoms with Crippen molar-refractivity contribution in [3.63, 3.8) is 0 Å². The summed E-state index contributed by atoms with van der Waals surface area (Å²) in [6, 6.07) is 7.73. The molecule has 2 N–H and O–H groups in total. The van der Waals surface area contributed by atoms with Crippen molar-refractivity contribution < 1.29 is 36.6 Å². The van der Waals surface area contributed by atoms with Crippen LogP contribution in [0.25, 0.3) is 0 Å². The Bertz CT molecular complexity index is 1070. The van der Waals surface area contributed by atoms with Crippen LogP contribution in [-0.4, -0.2) is 63.7 Å². The Hall–Kier alpha value is -3.09. The molecule has 32 heavy (non-hydrogen) atoms. The molecular weight excluding hydrogens is 442 g/mol. The smallest absolute Gasteiger partial charge is 0.309 e. The number of carbonyl (C=O) groups is 2. The minimum absolute atomic E-state index is 0.0276. The number of nitrogens with one attached hydrogen (secondary N) is 2. The zero-order valence-electron chi connectivity index (χ0n) is 17.1. The van der Waals surface area contributed by atoms with Gasteiger partial charge in [0.05, 0.1) is 30.9 Å². The highest BCUT2D eigenvalue weighted by atomic mass is 32.2. The van der Waals surface area contributed by atoms with Crippen LogP contribution in [-0.2, 0) is 30.9 Å². The maximum absolute atomic E-state index is 13.2. The summed E-state index contributed by atoms with van der Waals surface area (Å²) in [6.45, 7) is 1.15. The Morgan fingerprint density at radius 3 is 2.59 bits per heavy atom. The summed E-state index contributed by atoms with van der Waals surface area (Å²) >= 11 is 0. The summed E-state index contributed by atoms with van der Waals surface area (Å²) in [7, 11) is -3.94. The van der Waals surface area contributed by atoms with E-state index in [9.17, 15) is 18.0 Å². The molecule has 4 rings (SSSR count). The van der Waals surface area contributed by atoms with E-state index in [0.717, 1.165) is 0 Å². The van der Waals surface area contributed by atoms with E-state index in [1.807, 2.05) is 0 Å². The van der Waals surface area contributed by atoms with Gasteiger partial charge in [-0.05, 0) is 30.7 Å². The Balaban J connectivity index is 1.40. The Morgan fingerprint density at radius 2 is 1.81 bits per heavy atom. The minimum atomic E-state index is -3.94. The summed E-state index contributed by atoms with van der Waals surface area (Å²) < 4.78 is 49.3. The van der Waals surface area contributed by atoms with E-state index in [1.54, 1.807) is 18.2 Å². The summed E-state index contributed by atoms with van der Waals surface area (Å²) in [4.78, 5) is 24.1. The average molecular weight is 465 g/mol. The van der Waals surface area contributed by atoms with E-state index in [2.05, 4.69) is 10.6 Å². The van der Waals surface area contributed by atoms with Gasteiger partial charge in [-0.15, -0.1) is 0 Å². The molecule has 0 saturated carbocycles. The highest BCUT2D eigenvalue weighted by molar-refractivity contribution is 7.89. The zero-order chi connectivity index (χ0) is 22.6. The molecule has 12 heteroatoms. The third kappa shape index (κ3) is 4.87. The van der Waals surface area contributed by atoms with Crippen LogP contribution >= 0.6 is 0 Å². The van der Waals surface area contributed by atoms with Crippen molar-refractivity contribution in [2.75, 3.05) is 32.9 Å². The summed E-state index contributed by atoms with van der Waals surface area (Å²) in [6.07, 6.45) is 1.00. The van der Waals surface area contributed by atoms with Gasteiger partial charge in [0, 0.05) is 12.6 Å². The lowest BCUT2D eigenvalue weighted by Crippen LogP contribution is -2.53. The maximum Gasteiger partial charge on any atom is 0.309 e. The molecule has 1 atom stereocenters. The first-order valence-electron chi connectivity index (χ1n) is 10.1. The molecule has 2 aliphatic rings. The van der Waals surface area contributed by atoms with E-state index < -0.39 is 28.1 Å². The Kier molecular flexibility index (Phi) is 6.63. The summed E-state index contributed by atoms with van der Waals surface area (Å²) in [5.41, 5.74) is 0. The predicted octanol–water partition coefficient (Wildman–Crippen LogP) is 0.221. The number of carbonyl (C=O) groups excluding carboxylic acids is 2. The second kappa shape index (κ2) is 9.59. The van der Waals surface area contributed by atoms with Crippen LogP contribution in [0.15, 0.2) is 45.9 Å². The summed E-state index contributed by atoms with van der Waals surface area (Å²) in [5, 5.41) is 4.85. The number of sulfonamides is 1. The zero-order valence-corrected chi connectivity index (χ0v) is 17.9. The lowest BCUT2D eigenvalue weighted by Gasteiger charge is -2.34. The van der Waals surface area contributed by atoms with Crippen LogP contribution in [0.3, 0.4) is 0 Å². The molecule has 0 radical (unpaired) electrons. The molecule has 1 aromatic carbocycles. The van der Waals surface area contributed by atoms with Gasteiger partial charge in [-0.3, -0.25) is 9.59 Å². The second-order valence-corrected chi connectivity index (χ2v) is 8.96. The standard InChI is InChI=1S/C20H23N3O8S/c24-19(21-12-14-3-1-7-28-14)20(25)22-13-18-23(6-2-8-31-18)32(26,27)15-4-5-16-17(11-15)30-10-9-29-16/h1,3-5,7,11,18H,2,6,8-10,12-13H2,(H,21,24)(H,22,25). The lowest BCUT2D eigenvalue weighted by atomic mass is 10.3. The number of fused-ring (bicyclic) bond motifs is 1. The quantitative estimate of drug-likeness (QED) is 0.578. The monoisotopic (exact) mass is 465 g/mol. The van der Waals surface area contributed by atoms with Gasteiger partial charge in [-0.25, -0.2) is 8.42 Å². The normalized spacial score (nSPS) is 18.7. The van der Waals surface area contributed by atoms with Crippen molar-refractivity contribution in [1.82, 2.24) is 14.9 Å². The predicted molar refractivity (Wildman–Crippen MR) is 109 cm³/mol. The molecule has 3 heterocycles. The number of rotatable bonds is 6. The van der Waals surface area contributed by atoms with Crippen LogP contribution in [0.1, 0.15) is 12.2 Å². The molecule has 0 spiro atoms. The topological polar surface area (TPSA) is 136 Å². The SMILES string of the molecule is O=C(NCc1ccco1)C(=O)NCC1OCCCN1S(=O)(=O)c1ccc2c(c1)OCCO2. The number of furan rings is 1. The van der Waals surface area contributed by atoms with Crippen molar-refractivity contribution >= 4 is 21.8 Å². The van der Waals surface area contributed by atoms with Crippen molar-refractivity contribution in [3.05, 3.63) is 42.4 Å². The molecule has 0 aliphatic carbocycles. The Morgan fingerprint density at radius 1 is 1.03 bits per heavy atom. The fourth-order valence-electron chi connectivity index (χ4n) is 3.34. The van der Waals surface area contributed by atoms with Crippen molar-refractivity contribution in [2.24, 2.45) is 0 Å². The van der Waals surface area contributed by atoms with Gasteiger partial charge in [0.25, 0.3) is 0 Å². The molecule has 1 fully saturated rings. The van der Waals surface area contributed by atoms with Gasteiger partial charge in [-0.2, -0.15) is 4.31 Å². The van der Waals surface area contributed by atoms with Crippen molar-refractivity contribution in [3.8, 4) is 11.5 Å². The van der Waals surface area contributed by atoms with Gasteiger partial charge >= 0.3 is 11.8 Å². The van der Waals surface area contributed by atoms with E-state index in [4.69, 9.17) is 18.6 Å².